The Morgan fingerprint density at radius 1 is 1.15 bits per heavy atom. The van der Waals surface area contributed by atoms with Crippen LogP contribution in [0.3, 0.4) is 0 Å². The maximum Gasteiger partial charge on any atom is 0.243 e. The fourth-order valence-corrected chi connectivity index (χ4v) is 4.76. The number of hydrogen-bond donors (Lipinski definition) is 0. The van der Waals surface area contributed by atoms with Gasteiger partial charge < -0.3 is 4.74 Å². The van der Waals surface area contributed by atoms with Crippen molar-refractivity contribution in [2.75, 3.05) is 13.2 Å². The third-order valence-corrected chi connectivity index (χ3v) is 6.04. The lowest BCUT2D eigenvalue weighted by molar-refractivity contribution is -0.0586. The zero-order chi connectivity index (χ0) is 14.2. The lowest BCUT2D eigenvalue weighted by atomic mass is 9.91. The molecule has 0 amide bonds. The van der Waals surface area contributed by atoms with Gasteiger partial charge in [0.15, 0.2) is 0 Å². The summed E-state index contributed by atoms with van der Waals surface area (Å²) in [7, 11) is -3.56. The highest BCUT2D eigenvalue weighted by molar-refractivity contribution is 7.89. The van der Waals surface area contributed by atoms with Gasteiger partial charge in [-0.2, -0.15) is 4.31 Å². The van der Waals surface area contributed by atoms with Gasteiger partial charge >= 0.3 is 0 Å². The second kappa shape index (κ2) is 5.42. The maximum atomic E-state index is 13.0. The fraction of sp³-hybridized carbons (Fsp3) is 0.571. The van der Waals surface area contributed by atoms with Crippen molar-refractivity contribution < 1.29 is 17.5 Å². The van der Waals surface area contributed by atoms with E-state index in [9.17, 15) is 12.8 Å². The highest BCUT2D eigenvalue weighted by atomic mass is 32.2. The first-order valence-electron chi connectivity index (χ1n) is 6.98. The molecule has 0 spiro atoms. The van der Waals surface area contributed by atoms with Crippen molar-refractivity contribution in [2.45, 2.75) is 42.7 Å². The van der Waals surface area contributed by atoms with Crippen LogP contribution in [-0.2, 0) is 14.8 Å². The lowest BCUT2D eigenvalue weighted by Gasteiger charge is -2.42. The Bertz CT molecular complexity index is 571. The molecule has 0 unspecified atom stereocenters. The maximum absolute atomic E-state index is 13.0. The van der Waals surface area contributed by atoms with Gasteiger partial charge in [-0.25, -0.2) is 12.8 Å². The van der Waals surface area contributed by atoms with Crippen LogP contribution in [0.15, 0.2) is 29.2 Å². The highest BCUT2D eigenvalue weighted by Crippen LogP contribution is 2.32. The molecule has 1 saturated carbocycles. The third kappa shape index (κ3) is 2.47. The number of nitrogens with zero attached hydrogens (tertiary/aromatic N) is 1. The SMILES string of the molecule is O=S(=O)(c1ccc(F)cc1)N1CCO[C@H]2CCCC[C@@H]21. The van der Waals surface area contributed by atoms with Crippen LogP contribution in [0.2, 0.25) is 0 Å². The molecular weight excluding hydrogens is 281 g/mol. The second-order valence-electron chi connectivity index (χ2n) is 5.33. The number of halogens is 1. The van der Waals surface area contributed by atoms with Crippen LogP contribution in [0.4, 0.5) is 4.39 Å². The molecule has 0 aromatic heterocycles. The van der Waals surface area contributed by atoms with E-state index < -0.39 is 15.8 Å². The number of sulfonamides is 1. The topological polar surface area (TPSA) is 46.6 Å². The van der Waals surface area contributed by atoms with Crippen molar-refractivity contribution in [3.05, 3.63) is 30.1 Å². The average Bonchev–Trinajstić information content (AvgIpc) is 2.47. The van der Waals surface area contributed by atoms with Gasteiger partial charge in [0.2, 0.25) is 10.0 Å². The molecule has 110 valence electrons. The van der Waals surface area contributed by atoms with Crippen LogP contribution >= 0.6 is 0 Å². The molecule has 0 bridgehead atoms. The largest absolute Gasteiger partial charge is 0.375 e. The van der Waals surface area contributed by atoms with Crippen LogP contribution in [-0.4, -0.2) is 38.0 Å². The molecule has 3 rings (SSSR count). The monoisotopic (exact) mass is 299 g/mol. The third-order valence-electron chi connectivity index (χ3n) is 4.10. The van der Waals surface area contributed by atoms with E-state index >= 15 is 0 Å². The fourth-order valence-electron chi connectivity index (χ4n) is 3.10. The molecular formula is C14H18FNO3S. The summed E-state index contributed by atoms with van der Waals surface area (Å²) in [6.45, 7) is 0.808. The molecule has 2 fully saturated rings. The van der Waals surface area contributed by atoms with Crippen molar-refractivity contribution >= 4 is 10.0 Å². The van der Waals surface area contributed by atoms with E-state index in [2.05, 4.69) is 0 Å². The molecule has 1 saturated heterocycles. The minimum absolute atomic E-state index is 0.00715. The number of hydrogen-bond acceptors (Lipinski definition) is 3. The second-order valence-corrected chi connectivity index (χ2v) is 7.22. The number of fused-ring (bicyclic) bond motifs is 1. The minimum Gasteiger partial charge on any atom is -0.375 e. The minimum atomic E-state index is -3.56. The van der Waals surface area contributed by atoms with Gasteiger partial charge in [0.25, 0.3) is 0 Å². The van der Waals surface area contributed by atoms with E-state index in [4.69, 9.17) is 4.74 Å². The van der Waals surface area contributed by atoms with Crippen LogP contribution in [0.25, 0.3) is 0 Å². The van der Waals surface area contributed by atoms with Gasteiger partial charge in [-0.15, -0.1) is 0 Å². The number of rotatable bonds is 2. The summed E-state index contributed by atoms with van der Waals surface area (Å²) in [5.74, 6) is -0.429. The molecule has 0 N–H and O–H groups in total. The van der Waals surface area contributed by atoms with E-state index in [1.54, 1.807) is 4.31 Å². The van der Waals surface area contributed by atoms with Crippen LogP contribution in [0, 0.1) is 5.82 Å². The van der Waals surface area contributed by atoms with Gasteiger partial charge in [-0.1, -0.05) is 12.8 Å². The number of ether oxygens (including phenoxy) is 1. The van der Waals surface area contributed by atoms with Crippen LogP contribution in [0.1, 0.15) is 25.7 Å². The predicted octanol–water partition coefficient (Wildman–Crippen LogP) is 2.16. The van der Waals surface area contributed by atoms with Crippen molar-refractivity contribution in [1.82, 2.24) is 4.31 Å². The lowest BCUT2D eigenvalue weighted by Crippen LogP contribution is -2.54. The van der Waals surface area contributed by atoms with Crippen molar-refractivity contribution in [3.63, 3.8) is 0 Å². The molecule has 1 aliphatic carbocycles. The molecule has 0 radical (unpaired) electrons. The highest BCUT2D eigenvalue weighted by Gasteiger charge is 2.40. The standard InChI is InChI=1S/C14H18FNO3S/c15-11-5-7-12(8-6-11)20(17,18)16-9-10-19-14-4-2-1-3-13(14)16/h5-8,13-14H,1-4,9-10H2/t13-,14-/m0/s1. The summed E-state index contributed by atoms with van der Waals surface area (Å²) in [4.78, 5) is 0.158. The van der Waals surface area contributed by atoms with E-state index in [0.29, 0.717) is 13.2 Å². The molecule has 20 heavy (non-hydrogen) atoms. The summed E-state index contributed by atoms with van der Waals surface area (Å²) in [5, 5.41) is 0. The van der Waals surface area contributed by atoms with E-state index in [1.807, 2.05) is 0 Å². The molecule has 4 nitrogen and oxygen atoms in total. The Balaban J connectivity index is 1.91. The smallest absolute Gasteiger partial charge is 0.243 e. The van der Waals surface area contributed by atoms with Gasteiger partial charge in [-0.3, -0.25) is 0 Å². The van der Waals surface area contributed by atoms with Gasteiger partial charge in [-0.05, 0) is 37.1 Å². The predicted molar refractivity (Wildman–Crippen MR) is 72.3 cm³/mol. The van der Waals surface area contributed by atoms with Crippen molar-refractivity contribution in [2.24, 2.45) is 0 Å². The molecule has 1 aromatic rings. The Labute approximate surface area is 118 Å². The summed E-state index contributed by atoms with van der Waals surface area (Å²) < 4.78 is 45.6. The van der Waals surface area contributed by atoms with Gasteiger partial charge in [0, 0.05) is 6.54 Å². The zero-order valence-electron chi connectivity index (χ0n) is 11.2. The number of morpholine rings is 1. The first-order valence-corrected chi connectivity index (χ1v) is 8.42. The first-order chi connectivity index (χ1) is 9.59. The van der Waals surface area contributed by atoms with Crippen LogP contribution < -0.4 is 0 Å². The van der Waals surface area contributed by atoms with E-state index in [-0.39, 0.29) is 17.0 Å². The Hall–Kier alpha value is -0.980. The normalized spacial score (nSPS) is 28.1. The molecule has 2 aliphatic rings. The Morgan fingerprint density at radius 3 is 2.60 bits per heavy atom. The van der Waals surface area contributed by atoms with E-state index in [1.165, 1.54) is 24.3 Å². The van der Waals surface area contributed by atoms with E-state index in [0.717, 1.165) is 25.7 Å². The zero-order valence-corrected chi connectivity index (χ0v) is 12.0. The van der Waals surface area contributed by atoms with Crippen molar-refractivity contribution in [3.8, 4) is 0 Å². The summed E-state index contributed by atoms with van der Waals surface area (Å²) >= 11 is 0. The molecule has 1 aliphatic heterocycles. The summed E-state index contributed by atoms with van der Waals surface area (Å²) in [5.41, 5.74) is 0. The number of benzene rings is 1. The van der Waals surface area contributed by atoms with Crippen LogP contribution in [0.5, 0.6) is 0 Å². The molecule has 6 heteroatoms. The summed E-state index contributed by atoms with van der Waals surface area (Å²) in [6, 6.07) is 4.96. The first kappa shape index (κ1) is 14.0. The Kier molecular flexibility index (Phi) is 3.79. The van der Waals surface area contributed by atoms with Gasteiger partial charge in [0.05, 0.1) is 23.6 Å². The average molecular weight is 299 g/mol. The van der Waals surface area contributed by atoms with Crippen molar-refractivity contribution in [1.29, 1.82) is 0 Å². The summed E-state index contributed by atoms with van der Waals surface area (Å²) in [6.07, 6.45) is 3.88. The molecule has 1 heterocycles. The molecule has 1 aromatic carbocycles. The quantitative estimate of drug-likeness (QED) is 0.840. The molecule has 2 atom stereocenters. The van der Waals surface area contributed by atoms with Gasteiger partial charge in [0.1, 0.15) is 5.82 Å². The Morgan fingerprint density at radius 2 is 1.85 bits per heavy atom.